The van der Waals surface area contributed by atoms with Gasteiger partial charge in [0.15, 0.2) is 0 Å². The summed E-state index contributed by atoms with van der Waals surface area (Å²) in [5.74, 6) is 0.347. The van der Waals surface area contributed by atoms with Crippen molar-refractivity contribution in [3.63, 3.8) is 0 Å². The van der Waals surface area contributed by atoms with E-state index in [9.17, 15) is 4.79 Å². The second-order valence-corrected chi connectivity index (χ2v) is 4.31. The van der Waals surface area contributed by atoms with Crippen LogP contribution >= 0.6 is 0 Å². The lowest BCUT2D eigenvalue weighted by Gasteiger charge is -2.39. The molecule has 74 valence electrons. The zero-order chi connectivity index (χ0) is 9.26. The fourth-order valence-electron chi connectivity index (χ4n) is 2.87. The normalized spacial score (nSPS) is 39.5. The minimum Gasteiger partial charge on any atom is -0.481 e. The summed E-state index contributed by atoms with van der Waals surface area (Å²) in [4.78, 5) is 11.0. The number of hydrogen-bond donors (Lipinski definition) is 2. The first kappa shape index (κ1) is 9.00. The van der Waals surface area contributed by atoms with Crippen molar-refractivity contribution in [1.82, 2.24) is 5.32 Å². The maximum absolute atomic E-state index is 11.0. The van der Waals surface area contributed by atoms with Crippen molar-refractivity contribution in [2.45, 2.75) is 25.7 Å². The van der Waals surface area contributed by atoms with Crippen LogP contribution in [-0.2, 0) is 4.79 Å². The number of hydrogen-bond acceptors (Lipinski definition) is 2. The molecule has 3 atom stereocenters. The zero-order valence-corrected chi connectivity index (χ0v) is 7.83. The summed E-state index contributed by atoms with van der Waals surface area (Å²) in [7, 11) is 0. The standard InChI is InChI=1S/C10H17NO2/c12-10(13)9-6-11-5-7-3-1-2-4-8(7)9/h7-9,11H,1-6H2,(H,12,13)/t7-,8-,9+/m0/s1. The third-order valence-electron chi connectivity index (χ3n) is 3.57. The van der Waals surface area contributed by atoms with Crippen LogP contribution in [0.3, 0.4) is 0 Å². The van der Waals surface area contributed by atoms with Crippen molar-refractivity contribution in [2.75, 3.05) is 13.1 Å². The summed E-state index contributed by atoms with van der Waals surface area (Å²) in [5.41, 5.74) is 0. The second-order valence-electron chi connectivity index (χ2n) is 4.31. The van der Waals surface area contributed by atoms with Crippen molar-refractivity contribution in [3.8, 4) is 0 Å². The van der Waals surface area contributed by atoms with Gasteiger partial charge in [0.1, 0.15) is 0 Å². The Hall–Kier alpha value is -0.570. The van der Waals surface area contributed by atoms with Crippen LogP contribution in [0, 0.1) is 17.8 Å². The van der Waals surface area contributed by atoms with E-state index >= 15 is 0 Å². The number of carboxylic acids is 1. The second kappa shape index (κ2) is 3.66. The largest absolute Gasteiger partial charge is 0.481 e. The smallest absolute Gasteiger partial charge is 0.308 e. The maximum atomic E-state index is 11.0. The molecule has 0 aromatic rings. The van der Waals surface area contributed by atoms with Crippen LogP contribution < -0.4 is 5.32 Å². The molecule has 2 aliphatic rings. The Bertz CT molecular complexity index is 203. The number of fused-ring (bicyclic) bond motifs is 1. The highest BCUT2D eigenvalue weighted by Gasteiger charge is 2.38. The molecule has 2 N–H and O–H groups in total. The molecule has 1 aliphatic heterocycles. The van der Waals surface area contributed by atoms with Gasteiger partial charge in [-0.1, -0.05) is 12.8 Å². The van der Waals surface area contributed by atoms with Gasteiger partial charge in [-0.3, -0.25) is 4.79 Å². The van der Waals surface area contributed by atoms with Gasteiger partial charge in [0.25, 0.3) is 0 Å². The quantitative estimate of drug-likeness (QED) is 0.640. The van der Waals surface area contributed by atoms with Crippen molar-refractivity contribution in [2.24, 2.45) is 17.8 Å². The Morgan fingerprint density at radius 1 is 1.23 bits per heavy atom. The van der Waals surface area contributed by atoms with E-state index in [1.165, 1.54) is 19.3 Å². The minimum absolute atomic E-state index is 0.126. The van der Waals surface area contributed by atoms with Crippen LogP contribution in [0.1, 0.15) is 25.7 Å². The molecule has 2 rings (SSSR count). The fraction of sp³-hybridized carbons (Fsp3) is 0.900. The first-order valence-electron chi connectivity index (χ1n) is 5.22. The van der Waals surface area contributed by atoms with E-state index in [0.29, 0.717) is 18.4 Å². The predicted molar refractivity (Wildman–Crippen MR) is 49.4 cm³/mol. The molecule has 0 aromatic carbocycles. The summed E-state index contributed by atoms with van der Waals surface area (Å²) in [5, 5.41) is 12.3. The molecule has 1 saturated carbocycles. The zero-order valence-electron chi connectivity index (χ0n) is 7.83. The molecule has 0 spiro atoms. The van der Waals surface area contributed by atoms with Crippen molar-refractivity contribution in [3.05, 3.63) is 0 Å². The van der Waals surface area contributed by atoms with Crippen LogP contribution in [0.4, 0.5) is 0 Å². The summed E-state index contributed by atoms with van der Waals surface area (Å²) < 4.78 is 0. The SMILES string of the molecule is O=C(O)[C@@H]1CNC[C@@H]2CCCC[C@@H]21. The highest BCUT2D eigenvalue weighted by molar-refractivity contribution is 5.70. The molecule has 0 bridgehead atoms. The van der Waals surface area contributed by atoms with Crippen molar-refractivity contribution in [1.29, 1.82) is 0 Å². The number of carbonyl (C=O) groups is 1. The number of aliphatic carboxylic acids is 1. The van der Waals surface area contributed by atoms with E-state index < -0.39 is 5.97 Å². The monoisotopic (exact) mass is 183 g/mol. The van der Waals surface area contributed by atoms with E-state index in [1.54, 1.807) is 0 Å². The van der Waals surface area contributed by atoms with E-state index in [2.05, 4.69) is 5.32 Å². The molecule has 0 radical (unpaired) electrons. The van der Waals surface area contributed by atoms with Gasteiger partial charge in [-0.25, -0.2) is 0 Å². The Morgan fingerprint density at radius 2 is 2.00 bits per heavy atom. The molecule has 0 unspecified atom stereocenters. The predicted octanol–water partition coefficient (Wildman–Crippen LogP) is 1.10. The number of carboxylic acid groups (broad SMARTS) is 1. The fourth-order valence-corrected chi connectivity index (χ4v) is 2.87. The molecule has 1 saturated heterocycles. The Labute approximate surface area is 78.5 Å². The summed E-state index contributed by atoms with van der Waals surface area (Å²) in [6.07, 6.45) is 4.87. The average Bonchev–Trinajstić information content (AvgIpc) is 2.17. The van der Waals surface area contributed by atoms with Gasteiger partial charge in [0, 0.05) is 6.54 Å². The lowest BCUT2D eigenvalue weighted by molar-refractivity contribution is -0.146. The number of rotatable bonds is 1. The number of nitrogens with one attached hydrogen (secondary N) is 1. The van der Waals surface area contributed by atoms with Crippen molar-refractivity contribution >= 4 is 5.97 Å². The highest BCUT2D eigenvalue weighted by Crippen LogP contribution is 2.36. The molecule has 3 nitrogen and oxygen atoms in total. The highest BCUT2D eigenvalue weighted by atomic mass is 16.4. The lowest BCUT2D eigenvalue weighted by atomic mass is 9.70. The van der Waals surface area contributed by atoms with E-state index in [4.69, 9.17) is 5.11 Å². The topological polar surface area (TPSA) is 49.3 Å². The van der Waals surface area contributed by atoms with E-state index in [1.807, 2.05) is 0 Å². The van der Waals surface area contributed by atoms with Gasteiger partial charge >= 0.3 is 5.97 Å². The van der Waals surface area contributed by atoms with Gasteiger partial charge in [-0.05, 0) is 31.2 Å². The summed E-state index contributed by atoms with van der Waals surface area (Å²) >= 11 is 0. The van der Waals surface area contributed by atoms with Crippen LogP contribution in [0.25, 0.3) is 0 Å². The van der Waals surface area contributed by atoms with Gasteiger partial charge in [-0.2, -0.15) is 0 Å². The Morgan fingerprint density at radius 3 is 2.77 bits per heavy atom. The molecule has 2 fully saturated rings. The molecule has 1 heterocycles. The lowest BCUT2D eigenvalue weighted by Crippen LogP contribution is -2.47. The average molecular weight is 183 g/mol. The number of piperidine rings is 1. The molecule has 3 heteroatoms. The molecule has 0 amide bonds. The van der Waals surface area contributed by atoms with Crippen LogP contribution in [0.2, 0.25) is 0 Å². The summed E-state index contributed by atoms with van der Waals surface area (Å²) in [6.45, 7) is 1.71. The third-order valence-corrected chi connectivity index (χ3v) is 3.57. The van der Waals surface area contributed by atoms with E-state index in [-0.39, 0.29) is 5.92 Å². The van der Waals surface area contributed by atoms with Crippen molar-refractivity contribution < 1.29 is 9.90 Å². The third kappa shape index (κ3) is 1.70. The minimum atomic E-state index is -0.607. The maximum Gasteiger partial charge on any atom is 0.308 e. The Balaban J connectivity index is 2.06. The van der Waals surface area contributed by atoms with Crippen LogP contribution in [0.15, 0.2) is 0 Å². The van der Waals surface area contributed by atoms with Crippen LogP contribution in [-0.4, -0.2) is 24.2 Å². The summed E-state index contributed by atoms with van der Waals surface area (Å²) in [6, 6.07) is 0. The van der Waals surface area contributed by atoms with Gasteiger partial charge in [0.05, 0.1) is 5.92 Å². The molecular weight excluding hydrogens is 166 g/mol. The van der Waals surface area contributed by atoms with Gasteiger partial charge < -0.3 is 10.4 Å². The Kier molecular flexibility index (Phi) is 2.54. The molecule has 0 aromatic heterocycles. The first-order chi connectivity index (χ1) is 6.29. The van der Waals surface area contributed by atoms with E-state index in [0.717, 1.165) is 13.0 Å². The van der Waals surface area contributed by atoms with Crippen LogP contribution in [0.5, 0.6) is 0 Å². The molecule has 13 heavy (non-hydrogen) atoms. The molecular formula is C10H17NO2. The van der Waals surface area contributed by atoms with Gasteiger partial charge in [-0.15, -0.1) is 0 Å². The first-order valence-corrected chi connectivity index (χ1v) is 5.22. The molecule has 1 aliphatic carbocycles. The van der Waals surface area contributed by atoms with Gasteiger partial charge in [0.2, 0.25) is 0 Å².